The molecule has 0 saturated heterocycles. The van der Waals surface area contributed by atoms with Crippen LogP contribution in [-0.2, 0) is 13.6 Å². The smallest absolute Gasteiger partial charge is 0.299 e. The molecule has 0 radical (unpaired) electrons. The van der Waals surface area contributed by atoms with E-state index < -0.39 is 5.60 Å². The third-order valence-corrected chi connectivity index (χ3v) is 9.71. The molecule has 1 N–H and O–H groups in total. The molecule has 2 heterocycles. The SMILES string of the molecule is C/C(=C\Cn1cnc2c1c(=O)nc(C)n2C)CC[C@@]1(C)[C@H](C)CC[C@]2(O)[C@@H]1CCCC2(C)C. The fourth-order valence-electron chi connectivity index (χ4n) is 6.82. The summed E-state index contributed by atoms with van der Waals surface area (Å²) in [5, 5.41) is 11.9. The minimum atomic E-state index is -0.551. The number of imidazole rings is 1. The number of rotatable bonds is 5. The Morgan fingerprint density at radius 3 is 2.73 bits per heavy atom. The van der Waals surface area contributed by atoms with Crippen molar-refractivity contribution in [3.63, 3.8) is 0 Å². The van der Waals surface area contributed by atoms with Gasteiger partial charge in [0, 0.05) is 13.6 Å². The summed E-state index contributed by atoms with van der Waals surface area (Å²) < 4.78 is 3.77. The average Bonchev–Trinajstić information content (AvgIpc) is 3.18. The van der Waals surface area contributed by atoms with E-state index >= 15 is 0 Å². The molecule has 0 aliphatic heterocycles. The summed E-state index contributed by atoms with van der Waals surface area (Å²) in [6.07, 6.45) is 11.6. The molecule has 2 aliphatic rings. The van der Waals surface area contributed by atoms with Crippen molar-refractivity contribution in [3.05, 3.63) is 34.2 Å². The van der Waals surface area contributed by atoms with E-state index in [4.69, 9.17) is 0 Å². The lowest BCUT2D eigenvalue weighted by Gasteiger charge is -2.62. The summed E-state index contributed by atoms with van der Waals surface area (Å²) >= 11 is 0. The summed E-state index contributed by atoms with van der Waals surface area (Å²) in [5.74, 6) is 1.64. The van der Waals surface area contributed by atoms with Crippen molar-refractivity contribution in [2.24, 2.45) is 29.7 Å². The molecule has 0 unspecified atom stereocenters. The zero-order chi connectivity index (χ0) is 24.2. The summed E-state index contributed by atoms with van der Waals surface area (Å²) in [7, 11) is 1.89. The molecule has 0 aromatic carbocycles. The number of nitrogens with zero attached hydrogens (tertiary/aromatic N) is 4. The van der Waals surface area contributed by atoms with Crippen LogP contribution in [0.1, 0.15) is 85.4 Å². The molecular weight excluding hydrogens is 412 g/mol. The molecule has 33 heavy (non-hydrogen) atoms. The maximum absolute atomic E-state index is 12.5. The Balaban J connectivity index is 1.51. The van der Waals surface area contributed by atoms with Gasteiger partial charge in [0.25, 0.3) is 5.56 Å². The fraction of sp³-hybridized carbons (Fsp3) is 0.741. The molecule has 2 aliphatic carbocycles. The van der Waals surface area contributed by atoms with Gasteiger partial charge in [0.1, 0.15) is 5.82 Å². The highest BCUT2D eigenvalue weighted by molar-refractivity contribution is 5.70. The number of aromatic nitrogens is 4. The Morgan fingerprint density at radius 2 is 2.00 bits per heavy atom. The van der Waals surface area contributed by atoms with E-state index in [1.807, 2.05) is 23.1 Å². The largest absolute Gasteiger partial charge is 0.389 e. The van der Waals surface area contributed by atoms with Gasteiger partial charge in [-0.1, -0.05) is 45.8 Å². The minimum absolute atomic E-state index is 0.0107. The zero-order valence-corrected chi connectivity index (χ0v) is 21.6. The lowest BCUT2D eigenvalue weighted by atomic mass is 9.45. The molecule has 6 nitrogen and oxygen atoms in total. The summed E-state index contributed by atoms with van der Waals surface area (Å²) in [6.45, 7) is 14.0. The predicted octanol–water partition coefficient (Wildman–Crippen LogP) is 5.16. The first kappa shape index (κ1) is 24.2. The van der Waals surface area contributed by atoms with Crippen molar-refractivity contribution in [1.82, 2.24) is 19.1 Å². The van der Waals surface area contributed by atoms with Gasteiger partial charge >= 0.3 is 0 Å². The van der Waals surface area contributed by atoms with Crippen molar-refractivity contribution >= 4 is 11.2 Å². The maximum atomic E-state index is 12.5. The van der Waals surface area contributed by atoms with Crippen LogP contribution in [0.25, 0.3) is 11.2 Å². The van der Waals surface area contributed by atoms with Crippen molar-refractivity contribution in [1.29, 1.82) is 0 Å². The van der Waals surface area contributed by atoms with Gasteiger partial charge in [0.15, 0.2) is 11.2 Å². The van der Waals surface area contributed by atoms with E-state index in [0.29, 0.717) is 35.4 Å². The van der Waals surface area contributed by atoms with Crippen molar-refractivity contribution in [3.8, 4) is 0 Å². The first-order chi connectivity index (χ1) is 15.4. The van der Waals surface area contributed by atoms with Crippen LogP contribution in [0.3, 0.4) is 0 Å². The number of allylic oxidation sites excluding steroid dienone is 2. The van der Waals surface area contributed by atoms with E-state index in [1.54, 1.807) is 6.33 Å². The van der Waals surface area contributed by atoms with Crippen LogP contribution in [0.15, 0.2) is 22.8 Å². The second-order valence-corrected chi connectivity index (χ2v) is 11.8. The Morgan fingerprint density at radius 1 is 1.27 bits per heavy atom. The molecule has 0 spiro atoms. The minimum Gasteiger partial charge on any atom is -0.389 e. The molecule has 0 bridgehead atoms. The van der Waals surface area contributed by atoms with Crippen LogP contribution < -0.4 is 5.56 Å². The van der Waals surface area contributed by atoms with Gasteiger partial charge in [0.05, 0.1) is 11.9 Å². The highest BCUT2D eigenvalue weighted by atomic mass is 16.3. The molecule has 2 fully saturated rings. The van der Waals surface area contributed by atoms with Gasteiger partial charge in [-0.25, -0.2) is 4.98 Å². The lowest BCUT2D eigenvalue weighted by Crippen LogP contribution is -2.62. The molecule has 2 aromatic rings. The standard InChI is InChI=1S/C27H42N4O2/c1-18(12-16-31-17-28-23-22(31)24(32)29-20(3)30(23)7)10-14-26(6)19(2)11-15-27(33)21(26)9-8-13-25(27,4)5/h12,17,19,21,33H,8-11,13-16H2,1-7H3/b18-12+/t19-,21-,26+,27+/m1/s1. The van der Waals surface area contributed by atoms with E-state index in [0.717, 1.165) is 38.5 Å². The highest BCUT2D eigenvalue weighted by Gasteiger charge is 2.60. The number of hydrogen-bond acceptors (Lipinski definition) is 4. The average molecular weight is 455 g/mol. The third-order valence-electron chi connectivity index (χ3n) is 9.71. The van der Waals surface area contributed by atoms with Crippen molar-refractivity contribution in [2.45, 2.75) is 98.6 Å². The van der Waals surface area contributed by atoms with Crippen LogP contribution in [0.5, 0.6) is 0 Å². The van der Waals surface area contributed by atoms with Crippen LogP contribution in [0, 0.1) is 29.6 Å². The quantitative estimate of drug-likeness (QED) is 0.634. The lowest BCUT2D eigenvalue weighted by molar-refractivity contribution is -0.212. The van der Waals surface area contributed by atoms with E-state index in [-0.39, 0.29) is 16.4 Å². The molecular formula is C27H42N4O2. The Labute approximate surface area is 198 Å². The molecule has 6 heteroatoms. The first-order valence-electron chi connectivity index (χ1n) is 12.7. The monoisotopic (exact) mass is 454 g/mol. The molecule has 4 atom stereocenters. The molecule has 182 valence electrons. The Kier molecular flexibility index (Phi) is 6.13. The fourth-order valence-corrected chi connectivity index (χ4v) is 6.82. The Hall–Kier alpha value is -1.95. The van der Waals surface area contributed by atoms with E-state index in [1.165, 1.54) is 12.0 Å². The number of aliphatic hydroxyl groups is 1. The van der Waals surface area contributed by atoms with Crippen LogP contribution in [0.4, 0.5) is 0 Å². The highest BCUT2D eigenvalue weighted by Crippen LogP contribution is 2.62. The summed E-state index contributed by atoms with van der Waals surface area (Å²) in [6, 6.07) is 0. The first-order valence-corrected chi connectivity index (χ1v) is 12.7. The van der Waals surface area contributed by atoms with Crippen molar-refractivity contribution in [2.75, 3.05) is 0 Å². The molecule has 0 amide bonds. The number of aryl methyl sites for hydroxylation is 2. The van der Waals surface area contributed by atoms with Gasteiger partial charge in [-0.05, 0) is 75.0 Å². The normalized spacial score (nSPS) is 32.2. The second kappa shape index (κ2) is 8.37. The third kappa shape index (κ3) is 3.88. The second-order valence-electron chi connectivity index (χ2n) is 11.8. The molecule has 2 saturated carbocycles. The van der Waals surface area contributed by atoms with Crippen LogP contribution >= 0.6 is 0 Å². The summed E-state index contributed by atoms with van der Waals surface area (Å²) in [5.41, 5.74) is 1.93. The topological polar surface area (TPSA) is 72.9 Å². The van der Waals surface area contributed by atoms with E-state index in [2.05, 4.69) is 50.7 Å². The van der Waals surface area contributed by atoms with Gasteiger partial charge in [-0.2, -0.15) is 4.98 Å². The van der Waals surface area contributed by atoms with Gasteiger partial charge in [0.2, 0.25) is 0 Å². The van der Waals surface area contributed by atoms with Crippen LogP contribution in [0.2, 0.25) is 0 Å². The van der Waals surface area contributed by atoms with E-state index in [9.17, 15) is 9.90 Å². The summed E-state index contributed by atoms with van der Waals surface area (Å²) in [4.78, 5) is 21.1. The van der Waals surface area contributed by atoms with Gasteiger partial charge in [-0.3, -0.25) is 4.79 Å². The molecule has 4 rings (SSSR count). The Bertz CT molecular complexity index is 1130. The predicted molar refractivity (Wildman–Crippen MR) is 133 cm³/mol. The molecule has 2 aromatic heterocycles. The zero-order valence-electron chi connectivity index (χ0n) is 21.6. The number of hydrogen-bond donors (Lipinski definition) is 1. The maximum Gasteiger partial charge on any atom is 0.299 e. The van der Waals surface area contributed by atoms with Crippen molar-refractivity contribution < 1.29 is 5.11 Å². The van der Waals surface area contributed by atoms with Crippen LogP contribution in [-0.4, -0.2) is 29.8 Å². The number of fused-ring (bicyclic) bond motifs is 2. The van der Waals surface area contributed by atoms with Gasteiger partial charge < -0.3 is 14.2 Å². The van der Waals surface area contributed by atoms with Gasteiger partial charge in [-0.15, -0.1) is 0 Å².